The molecule has 7 heteroatoms. The number of nitrogens with one attached hydrogen (secondary N) is 2. The maximum atomic E-state index is 13.6. The zero-order valence-electron chi connectivity index (χ0n) is 9.77. The van der Waals surface area contributed by atoms with Crippen LogP contribution in [0, 0.1) is 11.6 Å². The van der Waals surface area contributed by atoms with Gasteiger partial charge in [0.1, 0.15) is 0 Å². The van der Waals surface area contributed by atoms with Gasteiger partial charge in [-0.3, -0.25) is 0 Å². The Balaban J connectivity index is 2.37. The number of rotatable bonds is 3. The normalized spacial score (nSPS) is 10.4. The summed E-state index contributed by atoms with van der Waals surface area (Å²) in [5.41, 5.74) is 0.422. The van der Waals surface area contributed by atoms with E-state index in [1.807, 2.05) is 0 Å². The molecule has 100 valence electrons. The highest BCUT2D eigenvalue weighted by atomic mass is 35.5. The Bertz CT molecular complexity index is 620. The standard InChI is InChI=1S/C12H9Cl2F2N3/c1-17-11-8(15)5-9(16)12(19-11)18-10-3-2-6(13)4-7(10)14/h2-5H,1H3,(H2,17,18,19). The Kier molecular flexibility index (Phi) is 4.07. The number of aromatic nitrogens is 1. The largest absolute Gasteiger partial charge is 0.371 e. The van der Waals surface area contributed by atoms with Gasteiger partial charge < -0.3 is 10.6 Å². The van der Waals surface area contributed by atoms with E-state index in [-0.39, 0.29) is 11.6 Å². The lowest BCUT2D eigenvalue weighted by atomic mass is 10.3. The first-order chi connectivity index (χ1) is 9.01. The van der Waals surface area contributed by atoms with Crippen molar-refractivity contribution >= 4 is 40.5 Å². The molecule has 19 heavy (non-hydrogen) atoms. The highest BCUT2D eigenvalue weighted by Crippen LogP contribution is 2.29. The van der Waals surface area contributed by atoms with Gasteiger partial charge in [0.25, 0.3) is 0 Å². The molecule has 0 spiro atoms. The van der Waals surface area contributed by atoms with Crippen LogP contribution in [0.5, 0.6) is 0 Å². The first kappa shape index (κ1) is 13.8. The van der Waals surface area contributed by atoms with Crippen LogP contribution in [0.2, 0.25) is 10.0 Å². The molecule has 0 aliphatic heterocycles. The van der Waals surface area contributed by atoms with Crippen molar-refractivity contribution in [3.8, 4) is 0 Å². The molecular weight excluding hydrogens is 295 g/mol. The lowest BCUT2D eigenvalue weighted by molar-refractivity contribution is 0.580. The van der Waals surface area contributed by atoms with E-state index >= 15 is 0 Å². The second-order valence-corrected chi connectivity index (χ2v) is 4.49. The number of pyridine rings is 1. The molecule has 0 aliphatic rings. The van der Waals surface area contributed by atoms with Crippen LogP contribution in [0.3, 0.4) is 0 Å². The van der Waals surface area contributed by atoms with Gasteiger partial charge in [-0.25, -0.2) is 13.8 Å². The van der Waals surface area contributed by atoms with Crippen molar-refractivity contribution in [2.24, 2.45) is 0 Å². The van der Waals surface area contributed by atoms with E-state index in [1.165, 1.54) is 13.1 Å². The molecule has 0 saturated heterocycles. The molecule has 2 aromatic rings. The molecule has 2 rings (SSSR count). The summed E-state index contributed by atoms with van der Waals surface area (Å²) in [6, 6.07) is 5.42. The van der Waals surface area contributed by atoms with E-state index in [9.17, 15) is 8.78 Å². The number of anilines is 3. The maximum Gasteiger partial charge on any atom is 0.169 e. The van der Waals surface area contributed by atoms with Crippen molar-refractivity contribution in [3.05, 3.63) is 45.9 Å². The van der Waals surface area contributed by atoms with Gasteiger partial charge in [-0.15, -0.1) is 0 Å². The Morgan fingerprint density at radius 2 is 1.74 bits per heavy atom. The second kappa shape index (κ2) is 5.59. The molecule has 2 N–H and O–H groups in total. The molecule has 0 unspecified atom stereocenters. The summed E-state index contributed by atoms with van der Waals surface area (Å²) < 4.78 is 26.9. The molecule has 0 amide bonds. The van der Waals surface area contributed by atoms with Gasteiger partial charge in [0.15, 0.2) is 23.3 Å². The summed E-state index contributed by atoms with van der Waals surface area (Å²) >= 11 is 11.7. The molecule has 1 aromatic heterocycles. The summed E-state index contributed by atoms with van der Waals surface area (Å²) in [6.45, 7) is 0. The molecule has 1 heterocycles. The molecule has 0 radical (unpaired) electrons. The Hall–Kier alpha value is -1.59. The van der Waals surface area contributed by atoms with Crippen LogP contribution in [0.25, 0.3) is 0 Å². The molecule has 0 atom stereocenters. The van der Waals surface area contributed by atoms with E-state index in [0.29, 0.717) is 15.7 Å². The Morgan fingerprint density at radius 3 is 2.37 bits per heavy atom. The summed E-state index contributed by atoms with van der Waals surface area (Å²) in [5, 5.41) is 5.98. The minimum absolute atomic E-state index is 0.0611. The molecule has 0 bridgehead atoms. The SMILES string of the molecule is CNc1nc(Nc2ccc(Cl)cc2Cl)c(F)cc1F. The van der Waals surface area contributed by atoms with Crippen LogP contribution in [-0.2, 0) is 0 Å². The van der Waals surface area contributed by atoms with Crippen molar-refractivity contribution in [2.45, 2.75) is 0 Å². The molecule has 0 aliphatic carbocycles. The van der Waals surface area contributed by atoms with E-state index in [2.05, 4.69) is 15.6 Å². The number of halogens is 4. The van der Waals surface area contributed by atoms with E-state index in [1.54, 1.807) is 12.1 Å². The van der Waals surface area contributed by atoms with E-state index in [4.69, 9.17) is 23.2 Å². The predicted molar refractivity (Wildman–Crippen MR) is 73.4 cm³/mol. The number of hydrogen-bond donors (Lipinski definition) is 2. The van der Waals surface area contributed by atoms with Crippen LogP contribution < -0.4 is 10.6 Å². The Morgan fingerprint density at radius 1 is 1.05 bits per heavy atom. The van der Waals surface area contributed by atoms with Crippen molar-refractivity contribution < 1.29 is 8.78 Å². The summed E-state index contributed by atoms with van der Waals surface area (Å²) in [4.78, 5) is 3.79. The highest BCUT2D eigenvalue weighted by molar-refractivity contribution is 6.36. The first-order valence-corrected chi connectivity index (χ1v) is 6.02. The predicted octanol–water partition coefficient (Wildman–Crippen LogP) is 4.45. The number of benzene rings is 1. The molecule has 0 fully saturated rings. The average Bonchev–Trinajstić information content (AvgIpc) is 2.35. The van der Waals surface area contributed by atoms with Crippen molar-refractivity contribution in [3.63, 3.8) is 0 Å². The lowest BCUT2D eigenvalue weighted by Crippen LogP contribution is -2.03. The van der Waals surface area contributed by atoms with Crippen LogP contribution in [0.15, 0.2) is 24.3 Å². The fourth-order valence-electron chi connectivity index (χ4n) is 1.45. The maximum absolute atomic E-state index is 13.6. The van der Waals surface area contributed by atoms with Crippen molar-refractivity contribution in [2.75, 3.05) is 17.7 Å². The first-order valence-electron chi connectivity index (χ1n) is 5.27. The number of nitrogens with zero attached hydrogens (tertiary/aromatic N) is 1. The molecule has 1 aromatic carbocycles. The van der Waals surface area contributed by atoms with E-state index in [0.717, 1.165) is 6.07 Å². The number of hydrogen-bond acceptors (Lipinski definition) is 3. The quantitative estimate of drug-likeness (QED) is 0.879. The zero-order valence-corrected chi connectivity index (χ0v) is 11.3. The van der Waals surface area contributed by atoms with Gasteiger partial charge in [-0.05, 0) is 18.2 Å². The van der Waals surface area contributed by atoms with Gasteiger partial charge in [0.05, 0.1) is 10.7 Å². The summed E-state index contributed by atoms with van der Waals surface area (Å²) in [7, 11) is 1.49. The third-order valence-electron chi connectivity index (χ3n) is 2.35. The Labute approximate surface area is 118 Å². The average molecular weight is 304 g/mol. The van der Waals surface area contributed by atoms with Crippen LogP contribution in [0.4, 0.5) is 26.1 Å². The van der Waals surface area contributed by atoms with Crippen LogP contribution >= 0.6 is 23.2 Å². The fraction of sp³-hybridized carbons (Fsp3) is 0.0833. The van der Waals surface area contributed by atoms with Gasteiger partial charge in [0, 0.05) is 18.1 Å². The van der Waals surface area contributed by atoms with Crippen LogP contribution in [-0.4, -0.2) is 12.0 Å². The highest BCUT2D eigenvalue weighted by Gasteiger charge is 2.12. The van der Waals surface area contributed by atoms with Gasteiger partial charge in [-0.2, -0.15) is 0 Å². The minimum Gasteiger partial charge on any atom is -0.371 e. The molecule has 0 saturated carbocycles. The smallest absolute Gasteiger partial charge is 0.169 e. The van der Waals surface area contributed by atoms with Crippen LogP contribution in [0.1, 0.15) is 0 Å². The monoisotopic (exact) mass is 303 g/mol. The fourth-order valence-corrected chi connectivity index (χ4v) is 1.90. The minimum atomic E-state index is -0.817. The van der Waals surface area contributed by atoms with Gasteiger partial charge in [-0.1, -0.05) is 23.2 Å². The third-order valence-corrected chi connectivity index (χ3v) is 2.90. The summed E-state index contributed by atoms with van der Waals surface area (Å²) in [6.07, 6.45) is 0. The van der Waals surface area contributed by atoms with Gasteiger partial charge in [0.2, 0.25) is 0 Å². The van der Waals surface area contributed by atoms with Gasteiger partial charge >= 0.3 is 0 Å². The second-order valence-electron chi connectivity index (χ2n) is 3.65. The molecule has 3 nitrogen and oxygen atoms in total. The topological polar surface area (TPSA) is 37.0 Å². The van der Waals surface area contributed by atoms with E-state index < -0.39 is 11.6 Å². The molecular formula is C12H9Cl2F2N3. The van der Waals surface area contributed by atoms with Crippen molar-refractivity contribution in [1.29, 1.82) is 0 Å². The summed E-state index contributed by atoms with van der Waals surface area (Å²) in [5.74, 6) is -1.78. The van der Waals surface area contributed by atoms with Crippen molar-refractivity contribution in [1.82, 2.24) is 4.98 Å². The third kappa shape index (κ3) is 3.05. The lowest BCUT2D eigenvalue weighted by Gasteiger charge is -2.10. The zero-order chi connectivity index (χ0) is 14.0.